The van der Waals surface area contributed by atoms with E-state index in [2.05, 4.69) is 4.98 Å². The number of carboxylic acid groups (broad SMARTS) is 1. The molecule has 0 aliphatic rings. The number of aromatic carboxylic acids is 1. The number of rotatable bonds is 6. The van der Waals surface area contributed by atoms with Crippen LogP contribution >= 0.6 is 11.8 Å². The molecule has 0 radical (unpaired) electrons. The minimum atomic E-state index is -1.11. The number of carbonyl (C=O) groups excluding carboxylic acids is 1. The minimum Gasteiger partial charge on any atom is -0.477 e. The van der Waals surface area contributed by atoms with Gasteiger partial charge in [0.05, 0.1) is 11.4 Å². The van der Waals surface area contributed by atoms with E-state index in [1.165, 1.54) is 12.1 Å². The molecule has 0 atom stereocenters. The van der Waals surface area contributed by atoms with Gasteiger partial charge in [-0.25, -0.2) is 9.78 Å². The van der Waals surface area contributed by atoms with E-state index in [1.54, 1.807) is 4.90 Å². The second kappa shape index (κ2) is 6.98. The van der Waals surface area contributed by atoms with Gasteiger partial charge in [-0.2, -0.15) is 0 Å². The Kier molecular flexibility index (Phi) is 5.62. The molecular formula is C12H17N3O3S. The maximum Gasteiger partial charge on any atom is 0.354 e. The molecule has 1 amide bonds. The molecule has 0 saturated carbocycles. The van der Waals surface area contributed by atoms with Crippen LogP contribution in [0.25, 0.3) is 0 Å². The molecule has 7 heteroatoms. The number of nitrogens with zero attached hydrogens (tertiary/aromatic N) is 2. The van der Waals surface area contributed by atoms with Crippen molar-refractivity contribution in [1.82, 2.24) is 9.88 Å². The lowest BCUT2D eigenvalue weighted by Crippen LogP contribution is -2.31. The molecule has 1 heterocycles. The number of thioether (sulfide) groups is 1. The van der Waals surface area contributed by atoms with Gasteiger partial charge in [-0.05, 0) is 26.0 Å². The topological polar surface area (TPSA) is 96.5 Å². The van der Waals surface area contributed by atoms with Gasteiger partial charge in [0.2, 0.25) is 5.91 Å². The van der Waals surface area contributed by atoms with E-state index in [-0.39, 0.29) is 17.4 Å². The van der Waals surface area contributed by atoms with Gasteiger partial charge < -0.3 is 15.7 Å². The lowest BCUT2D eigenvalue weighted by molar-refractivity contribution is -0.127. The number of anilines is 1. The zero-order valence-corrected chi connectivity index (χ0v) is 11.7. The van der Waals surface area contributed by atoms with Crippen LogP contribution in [0.5, 0.6) is 0 Å². The molecule has 0 aliphatic carbocycles. The largest absolute Gasteiger partial charge is 0.477 e. The molecule has 1 rings (SSSR count). The van der Waals surface area contributed by atoms with Gasteiger partial charge in [-0.3, -0.25) is 4.79 Å². The number of hydrogen-bond donors (Lipinski definition) is 2. The zero-order valence-electron chi connectivity index (χ0n) is 10.9. The zero-order chi connectivity index (χ0) is 14.4. The normalized spacial score (nSPS) is 10.2. The Balaban J connectivity index is 2.74. The fourth-order valence-electron chi connectivity index (χ4n) is 1.48. The molecular weight excluding hydrogens is 266 g/mol. The van der Waals surface area contributed by atoms with Crippen LogP contribution in [0.15, 0.2) is 17.2 Å². The van der Waals surface area contributed by atoms with Gasteiger partial charge in [-0.15, -0.1) is 0 Å². The van der Waals surface area contributed by atoms with Gasteiger partial charge in [0, 0.05) is 13.1 Å². The third-order valence-corrected chi connectivity index (χ3v) is 3.55. The van der Waals surface area contributed by atoms with Crippen molar-refractivity contribution < 1.29 is 14.7 Å². The highest BCUT2D eigenvalue weighted by molar-refractivity contribution is 8.00. The quantitative estimate of drug-likeness (QED) is 0.764. The summed E-state index contributed by atoms with van der Waals surface area (Å²) in [6, 6.07) is 2.83. The number of nitrogen functional groups attached to an aromatic ring is 1. The van der Waals surface area contributed by atoms with E-state index in [9.17, 15) is 9.59 Å². The second-order valence-electron chi connectivity index (χ2n) is 3.75. The Labute approximate surface area is 116 Å². The van der Waals surface area contributed by atoms with Crippen molar-refractivity contribution in [1.29, 1.82) is 0 Å². The van der Waals surface area contributed by atoms with Crippen molar-refractivity contribution in [2.75, 3.05) is 24.6 Å². The van der Waals surface area contributed by atoms with Crippen molar-refractivity contribution >= 4 is 29.3 Å². The summed E-state index contributed by atoms with van der Waals surface area (Å²) in [5.41, 5.74) is 6.02. The molecule has 1 aromatic heterocycles. The highest BCUT2D eigenvalue weighted by atomic mass is 32.2. The molecule has 0 bridgehead atoms. The van der Waals surface area contributed by atoms with Gasteiger partial charge in [0.15, 0.2) is 0 Å². The number of amides is 1. The van der Waals surface area contributed by atoms with Crippen LogP contribution in [-0.4, -0.2) is 45.7 Å². The van der Waals surface area contributed by atoms with E-state index in [1.807, 2.05) is 13.8 Å². The fraction of sp³-hybridized carbons (Fsp3) is 0.417. The van der Waals surface area contributed by atoms with Gasteiger partial charge in [0.25, 0.3) is 0 Å². The standard InChI is InChI=1S/C12H17N3O3S/c1-3-15(4-2)10(16)7-19-11-8(13)5-6-9(14-11)12(17)18/h5-6H,3-4,7,13H2,1-2H3,(H,17,18). The summed E-state index contributed by atoms with van der Waals surface area (Å²) in [4.78, 5) is 28.3. The first-order valence-electron chi connectivity index (χ1n) is 5.90. The molecule has 104 valence electrons. The van der Waals surface area contributed by atoms with Crippen LogP contribution in [0.3, 0.4) is 0 Å². The maximum atomic E-state index is 11.8. The van der Waals surface area contributed by atoms with E-state index in [0.29, 0.717) is 23.8 Å². The minimum absolute atomic E-state index is 0.0167. The van der Waals surface area contributed by atoms with Crippen LogP contribution in [0.2, 0.25) is 0 Å². The van der Waals surface area contributed by atoms with Crippen molar-refractivity contribution in [2.24, 2.45) is 0 Å². The van der Waals surface area contributed by atoms with Crippen LogP contribution < -0.4 is 5.73 Å². The predicted molar refractivity (Wildman–Crippen MR) is 74.3 cm³/mol. The summed E-state index contributed by atoms with van der Waals surface area (Å²) in [6.45, 7) is 5.11. The molecule has 6 nitrogen and oxygen atoms in total. The lowest BCUT2D eigenvalue weighted by Gasteiger charge is -2.18. The molecule has 0 aromatic carbocycles. The lowest BCUT2D eigenvalue weighted by atomic mass is 10.3. The van der Waals surface area contributed by atoms with Gasteiger partial charge >= 0.3 is 5.97 Å². The van der Waals surface area contributed by atoms with Crippen molar-refractivity contribution in [3.05, 3.63) is 17.8 Å². The summed E-state index contributed by atoms with van der Waals surface area (Å²) in [5, 5.41) is 9.23. The summed E-state index contributed by atoms with van der Waals surface area (Å²) >= 11 is 1.16. The third-order valence-electron chi connectivity index (χ3n) is 2.56. The average molecular weight is 283 g/mol. The number of carbonyl (C=O) groups is 2. The van der Waals surface area contributed by atoms with Crippen molar-refractivity contribution in [3.63, 3.8) is 0 Å². The van der Waals surface area contributed by atoms with Crippen LogP contribution in [0.4, 0.5) is 5.69 Å². The molecule has 0 aliphatic heterocycles. The highest BCUT2D eigenvalue weighted by Crippen LogP contribution is 2.23. The smallest absolute Gasteiger partial charge is 0.354 e. The molecule has 19 heavy (non-hydrogen) atoms. The van der Waals surface area contributed by atoms with Crippen LogP contribution in [-0.2, 0) is 4.79 Å². The van der Waals surface area contributed by atoms with Crippen LogP contribution in [0, 0.1) is 0 Å². The number of pyridine rings is 1. The number of aromatic nitrogens is 1. The molecule has 0 spiro atoms. The maximum absolute atomic E-state index is 11.8. The third kappa shape index (κ3) is 4.13. The van der Waals surface area contributed by atoms with E-state index < -0.39 is 5.97 Å². The van der Waals surface area contributed by atoms with Gasteiger partial charge in [-0.1, -0.05) is 11.8 Å². The number of nitrogens with two attached hydrogens (primary N) is 1. The Bertz CT molecular complexity index is 475. The Morgan fingerprint density at radius 1 is 1.37 bits per heavy atom. The highest BCUT2D eigenvalue weighted by Gasteiger charge is 2.13. The molecule has 3 N–H and O–H groups in total. The predicted octanol–water partition coefficient (Wildman–Crippen LogP) is 1.32. The Morgan fingerprint density at radius 2 is 2.00 bits per heavy atom. The Morgan fingerprint density at radius 3 is 2.53 bits per heavy atom. The Hall–Kier alpha value is -1.76. The fourth-order valence-corrected chi connectivity index (χ4v) is 2.32. The summed E-state index contributed by atoms with van der Waals surface area (Å²) in [6.07, 6.45) is 0. The number of hydrogen-bond acceptors (Lipinski definition) is 5. The first-order valence-corrected chi connectivity index (χ1v) is 6.88. The molecule has 0 fully saturated rings. The first kappa shape index (κ1) is 15.3. The number of carboxylic acids is 1. The SMILES string of the molecule is CCN(CC)C(=O)CSc1nc(C(=O)O)ccc1N. The summed E-state index contributed by atoms with van der Waals surface area (Å²) in [5.74, 6) is -0.934. The molecule has 0 saturated heterocycles. The van der Waals surface area contributed by atoms with Crippen molar-refractivity contribution in [2.45, 2.75) is 18.9 Å². The van der Waals surface area contributed by atoms with Crippen LogP contribution in [0.1, 0.15) is 24.3 Å². The average Bonchev–Trinajstić information content (AvgIpc) is 2.38. The van der Waals surface area contributed by atoms with Gasteiger partial charge in [0.1, 0.15) is 10.7 Å². The van der Waals surface area contributed by atoms with Crippen molar-refractivity contribution in [3.8, 4) is 0 Å². The first-order chi connectivity index (χ1) is 8.99. The summed E-state index contributed by atoms with van der Waals surface area (Å²) < 4.78 is 0. The molecule has 1 aromatic rings. The van der Waals surface area contributed by atoms with E-state index >= 15 is 0 Å². The molecule has 0 unspecified atom stereocenters. The van der Waals surface area contributed by atoms with E-state index in [4.69, 9.17) is 10.8 Å². The monoisotopic (exact) mass is 283 g/mol. The van der Waals surface area contributed by atoms with E-state index in [0.717, 1.165) is 11.8 Å². The summed E-state index contributed by atoms with van der Waals surface area (Å²) in [7, 11) is 0. The second-order valence-corrected chi connectivity index (χ2v) is 4.71.